The standard InChI is InChI=1S/C26H28N4O5S4/c27-25(31)21-2-1-3-23(30(32)33)22(21)16-20-8-9-24(38-20)39(34,35)29-12-10-19(11-13-29)28-18-6-4-17(5-7-18)26-36-14-15-37-26/h1-9,19,26,28H,10-16H2,(H2,27,31). The lowest BCUT2D eigenvalue weighted by atomic mass is 10.0. The van der Waals surface area contributed by atoms with Gasteiger partial charge in [-0.2, -0.15) is 4.31 Å². The maximum Gasteiger partial charge on any atom is 0.273 e. The fourth-order valence-corrected chi connectivity index (χ4v) is 10.7. The van der Waals surface area contributed by atoms with Gasteiger partial charge in [0.2, 0.25) is 5.91 Å². The predicted molar refractivity (Wildman–Crippen MR) is 158 cm³/mol. The Balaban J connectivity index is 1.22. The molecule has 3 heterocycles. The monoisotopic (exact) mass is 604 g/mol. The van der Waals surface area contributed by atoms with Crippen LogP contribution in [0, 0.1) is 10.1 Å². The van der Waals surface area contributed by atoms with Gasteiger partial charge >= 0.3 is 0 Å². The van der Waals surface area contributed by atoms with E-state index in [0.717, 1.165) is 17.0 Å². The summed E-state index contributed by atoms with van der Waals surface area (Å²) in [6, 6.07) is 16.1. The number of hydrogen-bond donors (Lipinski definition) is 2. The number of thioether (sulfide) groups is 2. The number of primary amides is 1. The van der Waals surface area contributed by atoms with Crippen LogP contribution in [0.25, 0.3) is 0 Å². The molecule has 0 saturated carbocycles. The summed E-state index contributed by atoms with van der Waals surface area (Å²) < 4.78 is 28.9. The van der Waals surface area contributed by atoms with Crippen molar-refractivity contribution in [1.82, 2.24) is 4.31 Å². The Morgan fingerprint density at radius 2 is 1.74 bits per heavy atom. The van der Waals surface area contributed by atoms with E-state index in [4.69, 9.17) is 5.73 Å². The van der Waals surface area contributed by atoms with Gasteiger partial charge in [0.25, 0.3) is 15.7 Å². The molecule has 2 aromatic carbocycles. The van der Waals surface area contributed by atoms with E-state index in [1.165, 1.54) is 45.6 Å². The average Bonchev–Trinajstić information content (AvgIpc) is 3.63. The third-order valence-electron chi connectivity index (χ3n) is 6.82. The molecule has 2 fully saturated rings. The van der Waals surface area contributed by atoms with Crippen LogP contribution in [0.2, 0.25) is 0 Å². The average molecular weight is 605 g/mol. The number of carbonyl (C=O) groups is 1. The molecule has 3 aromatic rings. The number of nitro groups is 1. The van der Waals surface area contributed by atoms with E-state index in [9.17, 15) is 23.3 Å². The van der Waals surface area contributed by atoms with Crippen molar-refractivity contribution in [2.75, 3.05) is 29.9 Å². The van der Waals surface area contributed by atoms with Crippen molar-refractivity contribution >= 4 is 62.2 Å². The number of piperidine rings is 1. The Hall–Kier alpha value is -2.58. The summed E-state index contributed by atoms with van der Waals surface area (Å²) in [4.78, 5) is 23.4. The predicted octanol–water partition coefficient (Wildman–Crippen LogP) is 5.09. The number of carbonyl (C=O) groups excluding carboxylic acids is 1. The maximum atomic E-state index is 13.4. The second kappa shape index (κ2) is 11.9. The Kier molecular flexibility index (Phi) is 8.52. The molecule has 2 aliphatic heterocycles. The molecule has 0 unspecified atom stereocenters. The molecule has 5 rings (SSSR count). The minimum atomic E-state index is -3.70. The van der Waals surface area contributed by atoms with Gasteiger partial charge in [-0.05, 0) is 48.7 Å². The third-order valence-corrected chi connectivity index (χ3v) is 13.4. The Bertz CT molecular complexity index is 1430. The van der Waals surface area contributed by atoms with E-state index in [1.807, 2.05) is 23.5 Å². The molecule has 9 nitrogen and oxygen atoms in total. The van der Waals surface area contributed by atoms with Crippen molar-refractivity contribution in [2.24, 2.45) is 5.73 Å². The van der Waals surface area contributed by atoms with E-state index in [-0.39, 0.29) is 33.5 Å². The number of nitrogens with one attached hydrogen (secondary N) is 1. The number of hydrogen-bond acceptors (Lipinski definition) is 9. The van der Waals surface area contributed by atoms with Crippen LogP contribution in [-0.2, 0) is 16.4 Å². The molecular formula is C26H28N4O5S4. The highest BCUT2D eigenvalue weighted by Crippen LogP contribution is 2.45. The van der Waals surface area contributed by atoms with Crippen molar-refractivity contribution in [3.63, 3.8) is 0 Å². The number of benzene rings is 2. The van der Waals surface area contributed by atoms with Crippen LogP contribution in [0.5, 0.6) is 0 Å². The Labute approximate surface area is 239 Å². The van der Waals surface area contributed by atoms with E-state index in [0.29, 0.717) is 35.4 Å². The van der Waals surface area contributed by atoms with Gasteiger partial charge in [0.15, 0.2) is 0 Å². The summed E-state index contributed by atoms with van der Waals surface area (Å²) in [6.45, 7) is 0.799. The first-order valence-electron chi connectivity index (χ1n) is 12.5. The molecule has 1 aromatic heterocycles. The molecule has 2 aliphatic rings. The van der Waals surface area contributed by atoms with Crippen LogP contribution in [0.4, 0.5) is 11.4 Å². The molecule has 0 bridgehead atoms. The lowest BCUT2D eigenvalue weighted by Crippen LogP contribution is -2.42. The minimum Gasteiger partial charge on any atom is -0.382 e. The van der Waals surface area contributed by atoms with Gasteiger partial charge in [-0.1, -0.05) is 18.2 Å². The molecule has 13 heteroatoms. The van der Waals surface area contributed by atoms with Gasteiger partial charge in [0.05, 0.1) is 9.51 Å². The Morgan fingerprint density at radius 3 is 2.38 bits per heavy atom. The van der Waals surface area contributed by atoms with E-state index in [2.05, 4.69) is 29.6 Å². The molecule has 39 heavy (non-hydrogen) atoms. The highest BCUT2D eigenvalue weighted by molar-refractivity contribution is 8.19. The van der Waals surface area contributed by atoms with Crippen molar-refractivity contribution in [2.45, 2.75) is 34.1 Å². The zero-order valence-corrected chi connectivity index (χ0v) is 24.2. The van der Waals surface area contributed by atoms with Crippen molar-refractivity contribution in [1.29, 1.82) is 0 Å². The first-order valence-corrected chi connectivity index (χ1v) is 16.8. The van der Waals surface area contributed by atoms with Crippen LogP contribution >= 0.6 is 34.9 Å². The fraction of sp³-hybridized carbons (Fsp3) is 0.346. The second-order valence-electron chi connectivity index (χ2n) is 9.34. The van der Waals surface area contributed by atoms with Gasteiger partial charge in [-0.15, -0.1) is 34.9 Å². The van der Waals surface area contributed by atoms with Crippen LogP contribution in [-0.4, -0.2) is 54.2 Å². The number of nitrogens with two attached hydrogens (primary N) is 1. The number of rotatable bonds is 9. The quantitative estimate of drug-likeness (QED) is 0.255. The maximum absolute atomic E-state index is 13.4. The van der Waals surface area contributed by atoms with E-state index < -0.39 is 20.9 Å². The topological polar surface area (TPSA) is 136 Å². The second-order valence-corrected chi connectivity index (χ2v) is 15.4. The van der Waals surface area contributed by atoms with Gasteiger partial charge < -0.3 is 11.1 Å². The number of amides is 1. The molecule has 0 radical (unpaired) electrons. The minimum absolute atomic E-state index is 0.0402. The number of nitro benzene ring substituents is 1. The SMILES string of the molecule is NC(=O)c1cccc([N+](=O)[O-])c1Cc1ccc(S(=O)(=O)N2CCC(Nc3ccc(C4SCCS4)cc3)CC2)s1. The van der Waals surface area contributed by atoms with Gasteiger partial charge in [0.1, 0.15) is 4.21 Å². The fourth-order valence-electron chi connectivity index (χ4n) is 4.82. The molecule has 1 amide bonds. The van der Waals surface area contributed by atoms with Crippen molar-refractivity contribution in [3.8, 4) is 0 Å². The van der Waals surface area contributed by atoms with Crippen LogP contribution in [0.1, 0.15) is 43.8 Å². The Morgan fingerprint density at radius 1 is 1.05 bits per heavy atom. The van der Waals surface area contributed by atoms with E-state index in [1.54, 1.807) is 6.07 Å². The first-order chi connectivity index (χ1) is 18.7. The van der Waals surface area contributed by atoms with Crippen LogP contribution < -0.4 is 11.1 Å². The largest absolute Gasteiger partial charge is 0.382 e. The van der Waals surface area contributed by atoms with Gasteiger partial charge in [-0.3, -0.25) is 14.9 Å². The lowest BCUT2D eigenvalue weighted by molar-refractivity contribution is -0.385. The molecule has 0 aliphatic carbocycles. The highest BCUT2D eigenvalue weighted by Gasteiger charge is 2.31. The summed E-state index contributed by atoms with van der Waals surface area (Å²) in [6.07, 6.45) is 1.41. The summed E-state index contributed by atoms with van der Waals surface area (Å²) in [5, 5.41) is 15.1. The van der Waals surface area contributed by atoms with Crippen molar-refractivity contribution < 1.29 is 18.1 Å². The summed E-state index contributed by atoms with van der Waals surface area (Å²) in [5.41, 5.74) is 7.83. The van der Waals surface area contributed by atoms with Gasteiger partial charge in [0, 0.05) is 64.8 Å². The van der Waals surface area contributed by atoms with Gasteiger partial charge in [-0.25, -0.2) is 8.42 Å². The number of anilines is 1. The first kappa shape index (κ1) is 28.0. The number of sulfonamides is 1. The smallest absolute Gasteiger partial charge is 0.273 e. The lowest BCUT2D eigenvalue weighted by Gasteiger charge is -2.31. The summed E-state index contributed by atoms with van der Waals surface area (Å²) >= 11 is 5.02. The molecule has 206 valence electrons. The third kappa shape index (κ3) is 6.27. The number of thiophene rings is 1. The molecule has 3 N–H and O–H groups in total. The van der Waals surface area contributed by atoms with E-state index >= 15 is 0 Å². The molecule has 0 spiro atoms. The van der Waals surface area contributed by atoms with Crippen molar-refractivity contribution in [3.05, 3.63) is 86.3 Å². The highest BCUT2D eigenvalue weighted by atomic mass is 32.2. The van der Waals surface area contributed by atoms with Crippen LogP contribution in [0.3, 0.4) is 0 Å². The normalized spacial score (nSPS) is 17.3. The molecule has 2 saturated heterocycles. The molecular weight excluding hydrogens is 577 g/mol. The van der Waals surface area contributed by atoms with Crippen LogP contribution in [0.15, 0.2) is 58.8 Å². The zero-order chi connectivity index (χ0) is 27.6. The zero-order valence-electron chi connectivity index (χ0n) is 20.9. The number of nitrogens with zero attached hydrogens (tertiary/aromatic N) is 2. The molecule has 0 atom stereocenters. The summed E-state index contributed by atoms with van der Waals surface area (Å²) in [7, 11) is -3.70. The summed E-state index contributed by atoms with van der Waals surface area (Å²) in [5.74, 6) is 1.61.